The molecule has 0 aliphatic rings. The molecule has 0 bridgehead atoms. The van der Waals surface area contributed by atoms with Gasteiger partial charge in [0.1, 0.15) is 17.2 Å². The fourth-order valence-corrected chi connectivity index (χ4v) is 2.27. The van der Waals surface area contributed by atoms with Gasteiger partial charge >= 0.3 is 0 Å². The van der Waals surface area contributed by atoms with E-state index in [2.05, 4.69) is 22.1 Å². The molecule has 0 saturated carbocycles. The largest absolute Gasteiger partial charge is 0.340 e. The zero-order valence-corrected chi connectivity index (χ0v) is 12.5. The topological polar surface area (TPSA) is 46.4 Å². The smallest absolute Gasteiger partial charge is 0.270 e. The summed E-state index contributed by atoms with van der Waals surface area (Å²) in [6.45, 7) is 2.00. The summed E-state index contributed by atoms with van der Waals surface area (Å²) in [7, 11) is 0. The van der Waals surface area contributed by atoms with E-state index in [1.54, 1.807) is 29.7 Å². The van der Waals surface area contributed by atoms with Crippen molar-refractivity contribution in [3.8, 4) is 11.8 Å². The Morgan fingerprint density at radius 1 is 1.26 bits per heavy atom. The second-order valence-corrected chi connectivity index (χ2v) is 4.97. The van der Waals surface area contributed by atoms with Crippen molar-refractivity contribution in [3.05, 3.63) is 71.4 Å². The van der Waals surface area contributed by atoms with Gasteiger partial charge in [0.2, 0.25) is 0 Å². The Balaban J connectivity index is 1.70. The van der Waals surface area contributed by atoms with Crippen molar-refractivity contribution in [1.82, 2.24) is 14.7 Å². The van der Waals surface area contributed by atoms with Gasteiger partial charge in [-0.2, -0.15) is 0 Å². The maximum absolute atomic E-state index is 12.8. The maximum atomic E-state index is 12.8. The number of nitrogens with zero attached hydrogens (tertiary/aromatic N) is 2. The van der Waals surface area contributed by atoms with Gasteiger partial charge in [0.15, 0.2) is 0 Å². The third kappa shape index (κ3) is 3.22. The predicted molar refractivity (Wildman–Crippen MR) is 85.5 cm³/mol. The van der Waals surface area contributed by atoms with Crippen molar-refractivity contribution >= 4 is 11.6 Å². The van der Waals surface area contributed by atoms with Crippen LogP contribution in [-0.2, 0) is 0 Å². The molecule has 1 N–H and O–H groups in total. The summed E-state index contributed by atoms with van der Waals surface area (Å²) >= 11 is 0. The molecule has 2 aromatic heterocycles. The number of halogens is 1. The molecule has 0 aliphatic heterocycles. The van der Waals surface area contributed by atoms with Gasteiger partial charge in [-0.3, -0.25) is 9.20 Å². The van der Waals surface area contributed by atoms with E-state index in [1.807, 2.05) is 18.2 Å². The quantitative estimate of drug-likeness (QED) is 0.740. The highest BCUT2D eigenvalue weighted by atomic mass is 19.1. The Morgan fingerprint density at radius 3 is 2.83 bits per heavy atom. The van der Waals surface area contributed by atoms with E-state index >= 15 is 0 Å². The van der Waals surface area contributed by atoms with Gasteiger partial charge < -0.3 is 5.32 Å². The number of nitrogens with one attached hydrogen (secondary N) is 1. The number of imidazole rings is 1. The zero-order valence-electron chi connectivity index (χ0n) is 12.5. The lowest BCUT2D eigenvalue weighted by Crippen LogP contribution is -2.25. The van der Waals surface area contributed by atoms with Gasteiger partial charge in [0.05, 0.1) is 12.2 Å². The normalized spacial score (nSPS) is 10.2. The van der Waals surface area contributed by atoms with Crippen molar-refractivity contribution in [2.75, 3.05) is 6.54 Å². The van der Waals surface area contributed by atoms with E-state index in [4.69, 9.17) is 0 Å². The number of fused-ring (bicyclic) bond motifs is 1. The van der Waals surface area contributed by atoms with Gasteiger partial charge in [-0.05, 0) is 43.3 Å². The number of pyridine rings is 1. The molecule has 1 aromatic carbocycles. The minimum absolute atomic E-state index is 0.204. The van der Waals surface area contributed by atoms with Crippen molar-refractivity contribution in [1.29, 1.82) is 0 Å². The second kappa shape index (κ2) is 6.32. The number of rotatable bonds is 2. The highest BCUT2D eigenvalue weighted by Crippen LogP contribution is 2.11. The van der Waals surface area contributed by atoms with Gasteiger partial charge in [-0.25, -0.2) is 9.37 Å². The van der Waals surface area contributed by atoms with Crippen LogP contribution < -0.4 is 5.32 Å². The van der Waals surface area contributed by atoms with E-state index < -0.39 is 0 Å². The molecule has 3 rings (SSSR count). The first kappa shape index (κ1) is 14.8. The standard InChI is InChI=1S/C18H14FN3O/c1-13-17(22-12-3-2-6-16(22)21-13)18(23)20-11-4-5-14-7-9-15(19)10-8-14/h2-3,6-10,12H,11H2,1H3,(H,20,23). The van der Waals surface area contributed by atoms with Crippen LogP contribution in [0.15, 0.2) is 48.7 Å². The molecule has 114 valence electrons. The van der Waals surface area contributed by atoms with E-state index in [0.29, 0.717) is 17.0 Å². The number of hydrogen-bond acceptors (Lipinski definition) is 2. The van der Waals surface area contributed by atoms with Gasteiger partial charge in [-0.15, -0.1) is 0 Å². The summed E-state index contributed by atoms with van der Waals surface area (Å²) in [4.78, 5) is 16.7. The van der Waals surface area contributed by atoms with Crippen LogP contribution in [0.1, 0.15) is 21.7 Å². The Morgan fingerprint density at radius 2 is 2.04 bits per heavy atom. The first-order chi connectivity index (χ1) is 11.1. The number of amides is 1. The van der Waals surface area contributed by atoms with Crippen LogP contribution in [-0.4, -0.2) is 21.8 Å². The summed E-state index contributed by atoms with van der Waals surface area (Å²) in [5.74, 6) is 5.19. The maximum Gasteiger partial charge on any atom is 0.270 e. The number of hydrogen-bond donors (Lipinski definition) is 1. The van der Waals surface area contributed by atoms with Crippen LogP contribution in [0.2, 0.25) is 0 Å². The minimum Gasteiger partial charge on any atom is -0.340 e. The molecule has 0 fully saturated rings. The minimum atomic E-state index is -0.299. The van der Waals surface area contributed by atoms with Crippen LogP contribution in [0.25, 0.3) is 5.65 Å². The number of benzene rings is 1. The summed E-state index contributed by atoms with van der Waals surface area (Å²) < 4.78 is 14.5. The van der Waals surface area contributed by atoms with Gasteiger partial charge in [0.25, 0.3) is 5.91 Å². The highest BCUT2D eigenvalue weighted by Gasteiger charge is 2.15. The van der Waals surface area contributed by atoms with E-state index in [9.17, 15) is 9.18 Å². The molecule has 0 unspecified atom stereocenters. The molecule has 23 heavy (non-hydrogen) atoms. The summed E-state index contributed by atoms with van der Waals surface area (Å²) in [6.07, 6.45) is 1.80. The molecular weight excluding hydrogens is 293 g/mol. The van der Waals surface area contributed by atoms with Gasteiger partial charge in [-0.1, -0.05) is 17.9 Å². The van der Waals surface area contributed by atoms with E-state index in [0.717, 1.165) is 5.65 Å². The Labute approximate surface area is 133 Å². The van der Waals surface area contributed by atoms with Crippen LogP contribution in [0.4, 0.5) is 4.39 Å². The molecule has 5 heteroatoms. The van der Waals surface area contributed by atoms with Crippen LogP contribution >= 0.6 is 0 Å². The molecule has 2 heterocycles. The Kier molecular flexibility index (Phi) is 4.07. The fraction of sp³-hybridized carbons (Fsp3) is 0.111. The third-order valence-electron chi connectivity index (χ3n) is 3.33. The number of carbonyl (C=O) groups is 1. The molecule has 0 radical (unpaired) electrons. The molecule has 0 aliphatic carbocycles. The predicted octanol–water partition coefficient (Wildman–Crippen LogP) is 2.56. The molecule has 0 saturated heterocycles. The summed E-state index contributed by atoms with van der Waals surface area (Å²) in [5.41, 5.74) is 2.60. The van der Waals surface area contributed by atoms with E-state index in [-0.39, 0.29) is 18.3 Å². The summed E-state index contributed by atoms with van der Waals surface area (Å²) in [6, 6.07) is 11.5. The average Bonchev–Trinajstić information content (AvgIpc) is 2.89. The molecular formula is C18H14FN3O. The first-order valence-corrected chi connectivity index (χ1v) is 7.11. The number of aryl methyl sites for hydroxylation is 1. The summed E-state index contributed by atoms with van der Waals surface area (Å²) in [5, 5.41) is 2.75. The molecule has 3 aromatic rings. The average molecular weight is 307 g/mol. The van der Waals surface area contributed by atoms with Crippen molar-refractivity contribution in [2.45, 2.75) is 6.92 Å². The lowest BCUT2D eigenvalue weighted by molar-refractivity contribution is 0.0952. The second-order valence-electron chi connectivity index (χ2n) is 4.97. The number of aromatic nitrogens is 2. The Hall–Kier alpha value is -3.13. The monoisotopic (exact) mass is 307 g/mol. The first-order valence-electron chi connectivity index (χ1n) is 7.11. The van der Waals surface area contributed by atoms with Crippen molar-refractivity contribution in [2.24, 2.45) is 0 Å². The van der Waals surface area contributed by atoms with Gasteiger partial charge in [0, 0.05) is 11.8 Å². The fourth-order valence-electron chi connectivity index (χ4n) is 2.27. The lowest BCUT2D eigenvalue weighted by atomic mass is 10.2. The highest BCUT2D eigenvalue weighted by molar-refractivity contribution is 5.94. The molecule has 0 atom stereocenters. The Bertz CT molecular complexity index is 917. The molecule has 0 spiro atoms. The number of carbonyl (C=O) groups excluding carboxylic acids is 1. The van der Waals surface area contributed by atoms with Crippen LogP contribution in [0, 0.1) is 24.6 Å². The van der Waals surface area contributed by atoms with E-state index in [1.165, 1.54) is 12.1 Å². The van der Waals surface area contributed by atoms with Crippen molar-refractivity contribution in [3.63, 3.8) is 0 Å². The third-order valence-corrected chi connectivity index (χ3v) is 3.33. The molecule has 4 nitrogen and oxygen atoms in total. The lowest BCUT2D eigenvalue weighted by Gasteiger charge is -2.02. The zero-order chi connectivity index (χ0) is 16.2. The van der Waals surface area contributed by atoms with Crippen LogP contribution in [0.5, 0.6) is 0 Å². The molecule has 1 amide bonds. The van der Waals surface area contributed by atoms with Crippen molar-refractivity contribution < 1.29 is 9.18 Å². The van der Waals surface area contributed by atoms with Crippen LogP contribution in [0.3, 0.4) is 0 Å². The SMILES string of the molecule is Cc1nc2ccccn2c1C(=O)NCC#Cc1ccc(F)cc1.